The van der Waals surface area contributed by atoms with Crippen LogP contribution >= 0.6 is 0 Å². The maximum absolute atomic E-state index is 12.3. The van der Waals surface area contributed by atoms with Crippen LogP contribution in [0, 0.1) is 0 Å². The van der Waals surface area contributed by atoms with Crippen molar-refractivity contribution in [2.24, 2.45) is 0 Å². The summed E-state index contributed by atoms with van der Waals surface area (Å²) in [4.78, 5) is 23.9. The maximum atomic E-state index is 12.3. The molecule has 23 heavy (non-hydrogen) atoms. The van der Waals surface area contributed by atoms with E-state index in [0.29, 0.717) is 17.0 Å². The van der Waals surface area contributed by atoms with Crippen LogP contribution in [0.5, 0.6) is 5.75 Å². The summed E-state index contributed by atoms with van der Waals surface area (Å²) in [6, 6.07) is 12.7. The van der Waals surface area contributed by atoms with Crippen LogP contribution < -0.4 is 15.4 Å². The number of amides is 2. The van der Waals surface area contributed by atoms with Gasteiger partial charge in [-0.1, -0.05) is 19.1 Å². The van der Waals surface area contributed by atoms with Gasteiger partial charge in [0.2, 0.25) is 0 Å². The monoisotopic (exact) mass is 310 g/mol. The first kappa shape index (κ1) is 15.1. The van der Waals surface area contributed by atoms with Crippen molar-refractivity contribution in [3.8, 4) is 5.75 Å². The van der Waals surface area contributed by atoms with Gasteiger partial charge in [0.1, 0.15) is 5.75 Å². The summed E-state index contributed by atoms with van der Waals surface area (Å²) < 4.78 is 5.52. The molecule has 1 unspecified atom stereocenters. The van der Waals surface area contributed by atoms with Gasteiger partial charge in [0, 0.05) is 11.3 Å². The minimum absolute atomic E-state index is 0.189. The Morgan fingerprint density at radius 2 is 1.96 bits per heavy atom. The summed E-state index contributed by atoms with van der Waals surface area (Å²) in [5, 5.41) is 5.60. The van der Waals surface area contributed by atoms with Gasteiger partial charge >= 0.3 is 0 Å². The lowest BCUT2D eigenvalue weighted by Crippen LogP contribution is -2.34. The fraction of sp³-hybridized carbons (Fsp3) is 0.222. The van der Waals surface area contributed by atoms with Gasteiger partial charge in [-0.2, -0.15) is 0 Å². The van der Waals surface area contributed by atoms with E-state index in [1.165, 1.54) is 5.56 Å². The van der Waals surface area contributed by atoms with Gasteiger partial charge in [0.15, 0.2) is 6.10 Å². The Hall–Kier alpha value is -2.82. The Labute approximate surface area is 134 Å². The Balaban J connectivity index is 1.77. The molecular formula is C18H18N2O3. The minimum Gasteiger partial charge on any atom is -0.479 e. The molecule has 118 valence electrons. The fourth-order valence-corrected chi connectivity index (χ4v) is 2.37. The molecule has 1 aliphatic rings. The second kappa shape index (κ2) is 6.12. The van der Waals surface area contributed by atoms with E-state index in [1.807, 2.05) is 24.3 Å². The summed E-state index contributed by atoms with van der Waals surface area (Å²) in [5.41, 5.74) is 3.02. The van der Waals surface area contributed by atoms with Crippen LogP contribution in [0.2, 0.25) is 0 Å². The molecule has 2 N–H and O–H groups in total. The summed E-state index contributed by atoms with van der Waals surface area (Å²) >= 11 is 0. The van der Waals surface area contributed by atoms with E-state index in [-0.39, 0.29) is 11.8 Å². The van der Waals surface area contributed by atoms with E-state index in [1.54, 1.807) is 25.1 Å². The molecule has 1 aliphatic heterocycles. The second-order valence-corrected chi connectivity index (χ2v) is 5.46. The van der Waals surface area contributed by atoms with Crippen LogP contribution in [0.25, 0.3) is 0 Å². The largest absolute Gasteiger partial charge is 0.479 e. The van der Waals surface area contributed by atoms with E-state index in [2.05, 4.69) is 17.6 Å². The third-order valence-electron chi connectivity index (χ3n) is 3.79. The predicted molar refractivity (Wildman–Crippen MR) is 88.9 cm³/mol. The topological polar surface area (TPSA) is 67.4 Å². The number of nitrogens with one attached hydrogen (secondary N) is 2. The van der Waals surface area contributed by atoms with Crippen LogP contribution in [0.1, 0.15) is 29.8 Å². The van der Waals surface area contributed by atoms with Crippen LogP contribution in [-0.2, 0) is 11.2 Å². The van der Waals surface area contributed by atoms with Gasteiger partial charge in [0.05, 0.1) is 5.69 Å². The number of benzene rings is 2. The predicted octanol–water partition coefficient (Wildman–Crippen LogP) is 3.22. The normalized spacial score (nSPS) is 16.1. The lowest BCUT2D eigenvalue weighted by molar-refractivity contribution is -0.122. The smallest absolute Gasteiger partial charge is 0.265 e. The first-order valence-electron chi connectivity index (χ1n) is 7.58. The van der Waals surface area contributed by atoms with Crippen LogP contribution in [0.3, 0.4) is 0 Å². The lowest BCUT2D eigenvalue weighted by Gasteiger charge is -2.23. The first-order valence-corrected chi connectivity index (χ1v) is 7.58. The van der Waals surface area contributed by atoms with Crippen molar-refractivity contribution >= 4 is 23.2 Å². The van der Waals surface area contributed by atoms with Crippen molar-refractivity contribution in [2.75, 3.05) is 10.6 Å². The molecule has 0 fully saturated rings. The van der Waals surface area contributed by atoms with E-state index in [4.69, 9.17) is 4.74 Å². The van der Waals surface area contributed by atoms with Crippen molar-refractivity contribution < 1.29 is 14.3 Å². The summed E-state index contributed by atoms with van der Waals surface area (Å²) in [6.07, 6.45) is 0.391. The van der Waals surface area contributed by atoms with Crippen molar-refractivity contribution in [3.05, 3.63) is 53.6 Å². The molecule has 0 bridgehead atoms. The lowest BCUT2D eigenvalue weighted by atomic mass is 10.1. The zero-order valence-corrected chi connectivity index (χ0v) is 13.1. The zero-order chi connectivity index (χ0) is 16.4. The van der Waals surface area contributed by atoms with Crippen molar-refractivity contribution in [2.45, 2.75) is 26.4 Å². The highest BCUT2D eigenvalue weighted by Crippen LogP contribution is 2.30. The highest BCUT2D eigenvalue weighted by atomic mass is 16.5. The molecule has 3 rings (SSSR count). The van der Waals surface area contributed by atoms with E-state index < -0.39 is 6.10 Å². The maximum Gasteiger partial charge on any atom is 0.265 e. The third-order valence-corrected chi connectivity index (χ3v) is 3.79. The number of carbonyl (C=O) groups is 2. The molecule has 5 nitrogen and oxygen atoms in total. The Morgan fingerprint density at radius 3 is 2.65 bits per heavy atom. The molecule has 2 amide bonds. The van der Waals surface area contributed by atoms with Crippen molar-refractivity contribution in [1.82, 2.24) is 0 Å². The molecule has 0 aromatic heterocycles. The van der Waals surface area contributed by atoms with Gasteiger partial charge in [-0.15, -0.1) is 0 Å². The number of ether oxygens (including phenoxy) is 1. The SMILES string of the molecule is CCc1ccc(NC(=O)c2ccc3c(c2)OC(C)C(=O)N3)cc1. The molecule has 2 aromatic carbocycles. The molecule has 0 saturated carbocycles. The number of hydrogen-bond acceptors (Lipinski definition) is 3. The number of hydrogen-bond donors (Lipinski definition) is 2. The third kappa shape index (κ3) is 3.18. The molecule has 5 heteroatoms. The summed E-state index contributed by atoms with van der Waals surface area (Å²) in [5.74, 6) is 0.0991. The number of anilines is 2. The van der Waals surface area contributed by atoms with E-state index in [0.717, 1.165) is 12.1 Å². The Kier molecular flexibility index (Phi) is 4.02. The second-order valence-electron chi connectivity index (χ2n) is 5.46. The summed E-state index contributed by atoms with van der Waals surface area (Å²) in [6.45, 7) is 3.75. The molecule has 0 saturated heterocycles. The molecular weight excluding hydrogens is 292 g/mol. The number of aryl methyl sites for hydroxylation is 1. The standard InChI is InChI=1S/C18H18N2O3/c1-3-12-4-7-14(8-5-12)19-18(22)13-6-9-15-16(10-13)23-11(2)17(21)20-15/h4-11H,3H2,1-2H3,(H,19,22)(H,20,21). The van der Waals surface area contributed by atoms with Gasteiger partial charge in [0.25, 0.3) is 11.8 Å². The molecule has 0 aliphatic carbocycles. The van der Waals surface area contributed by atoms with Crippen LogP contribution in [0.15, 0.2) is 42.5 Å². The molecule has 1 atom stereocenters. The van der Waals surface area contributed by atoms with Crippen molar-refractivity contribution in [1.29, 1.82) is 0 Å². The van der Waals surface area contributed by atoms with Gasteiger partial charge in [-0.3, -0.25) is 9.59 Å². The fourth-order valence-electron chi connectivity index (χ4n) is 2.37. The van der Waals surface area contributed by atoms with Gasteiger partial charge < -0.3 is 15.4 Å². The molecule has 0 spiro atoms. The van der Waals surface area contributed by atoms with Gasteiger partial charge in [-0.25, -0.2) is 0 Å². The number of rotatable bonds is 3. The highest BCUT2D eigenvalue weighted by molar-refractivity contribution is 6.05. The molecule has 0 radical (unpaired) electrons. The Morgan fingerprint density at radius 1 is 1.22 bits per heavy atom. The quantitative estimate of drug-likeness (QED) is 0.914. The number of carbonyl (C=O) groups excluding carboxylic acids is 2. The van der Waals surface area contributed by atoms with Crippen LogP contribution in [0.4, 0.5) is 11.4 Å². The van der Waals surface area contributed by atoms with Crippen LogP contribution in [-0.4, -0.2) is 17.9 Å². The van der Waals surface area contributed by atoms with Gasteiger partial charge in [-0.05, 0) is 49.2 Å². The highest BCUT2D eigenvalue weighted by Gasteiger charge is 2.24. The average Bonchev–Trinajstić information content (AvgIpc) is 2.56. The zero-order valence-electron chi connectivity index (χ0n) is 13.1. The number of fused-ring (bicyclic) bond motifs is 1. The summed E-state index contributed by atoms with van der Waals surface area (Å²) in [7, 11) is 0. The van der Waals surface area contributed by atoms with E-state index in [9.17, 15) is 9.59 Å². The average molecular weight is 310 g/mol. The van der Waals surface area contributed by atoms with E-state index >= 15 is 0 Å². The Bertz CT molecular complexity index is 753. The minimum atomic E-state index is -0.567. The first-order chi connectivity index (χ1) is 11.1. The molecule has 1 heterocycles. The molecule has 2 aromatic rings. The van der Waals surface area contributed by atoms with Crippen molar-refractivity contribution in [3.63, 3.8) is 0 Å².